The fraction of sp³-hybridized carbons (Fsp3) is 0.565. The molecule has 0 radical (unpaired) electrons. The second-order valence-electron chi connectivity index (χ2n) is 6.37. The molecule has 3 N–H and O–H groups in total. The Bertz CT molecular complexity index is 690. The van der Waals surface area contributed by atoms with Crippen molar-refractivity contribution in [2.75, 3.05) is 31.5 Å². The van der Waals surface area contributed by atoms with Crippen LogP contribution in [0.4, 0.5) is 17.6 Å². The maximum Gasteiger partial charge on any atom is 0.250 e. The number of pyridine rings is 2. The number of hydrogen-bond donors (Lipinski definition) is 2. The maximum absolute atomic E-state index is 11.7. The van der Waals surface area contributed by atoms with Crippen LogP contribution in [0.2, 0.25) is 10.3 Å². The molecule has 2 aromatic rings. The van der Waals surface area contributed by atoms with Crippen molar-refractivity contribution in [3.05, 3.63) is 58.1 Å². The second-order valence-corrected chi connectivity index (χ2v) is 7.79. The molecule has 0 amide bonds. The molecule has 0 unspecified atom stereocenters. The van der Waals surface area contributed by atoms with E-state index in [1.165, 1.54) is 19.6 Å². The summed E-state index contributed by atoms with van der Waals surface area (Å²) in [7, 11) is 0. The third-order valence-corrected chi connectivity index (χ3v) is 4.84. The van der Waals surface area contributed by atoms with E-state index < -0.39 is 12.9 Å². The molecule has 0 bridgehead atoms. The van der Waals surface area contributed by atoms with Crippen LogP contribution in [-0.4, -0.2) is 59.2 Å². The highest BCUT2D eigenvalue weighted by Gasteiger charge is 2.00. The lowest BCUT2D eigenvalue weighted by atomic mass is 10.3. The summed E-state index contributed by atoms with van der Waals surface area (Å²) in [6.45, 7) is 10.7. The van der Waals surface area contributed by atoms with Crippen molar-refractivity contribution in [2.45, 2.75) is 54.1 Å². The molecular formula is C23H38BrCl2F4N5. The minimum absolute atomic E-state index is 0. The molecule has 35 heavy (non-hydrogen) atoms. The Balaban J connectivity index is -0.000000411. The summed E-state index contributed by atoms with van der Waals surface area (Å²) in [5, 5.41) is 3.28. The van der Waals surface area contributed by atoms with E-state index in [0.29, 0.717) is 23.4 Å². The minimum atomic E-state index is -2.32. The topological polar surface area (TPSA) is 67.1 Å². The number of halogens is 7. The monoisotopic (exact) mass is 609 g/mol. The Hall–Kier alpha value is -1.04. The highest BCUT2D eigenvalue weighted by atomic mass is 79.9. The lowest BCUT2D eigenvalue weighted by Gasteiger charge is -2.13. The number of rotatable bonds is 9. The van der Waals surface area contributed by atoms with Crippen LogP contribution in [0, 0.1) is 0 Å². The largest absolute Gasteiger partial charge is 0.326 e. The van der Waals surface area contributed by atoms with Crippen LogP contribution in [-0.2, 0) is 13.1 Å². The Kier molecular flexibility index (Phi) is 28.6. The Morgan fingerprint density at radius 2 is 1.31 bits per heavy atom. The van der Waals surface area contributed by atoms with Crippen molar-refractivity contribution in [1.29, 1.82) is 0 Å². The fourth-order valence-electron chi connectivity index (χ4n) is 2.03. The highest BCUT2D eigenvalue weighted by molar-refractivity contribution is 9.09. The molecule has 0 fully saturated rings. The molecule has 5 nitrogen and oxygen atoms in total. The zero-order chi connectivity index (χ0) is 26.4. The van der Waals surface area contributed by atoms with Gasteiger partial charge in [0.1, 0.15) is 10.3 Å². The van der Waals surface area contributed by atoms with Gasteiger partial charge in [-0.3, -0.25) is 0 Å². The number of nitrogens with two attached hydrogens (primary N) is 1. The number of nitrogens with one attached hydrogen (secondary N) is 1. The highest BCUT2D eigenvalue weighted by Crippen LogP contribution is 2.05. The molecule has 0 atom stereocenters. The van der Waals surface area contributed by atoms with Crippen molar-refractivity contribution in [2.24, 2.45) is 5.73 Å². The van der Waals surface area contributed by atoms with E-state index in [1.54, 1.807) is 30.6 Å². The van der Waals surface area contributed by atoms with E-state index in [-0.39, 0.29) is 19.3 Å². The molecule has 2 aromatic heterocycles. The maximum atomic E-state index is 11.7. The lowest BCUT2D eigenvalue weighted by molar-refractivity contribution is 0.145. The van der Waals surface area contributed by atoms with Gasteiger partial charge in [0.15, 0.2) is 0 Å². The Morgan fingerprint density at radius 3 is 1.57 bits per heavy atom. The van der Waals surface area contributed by atoms with Crippen LogP contribution in [0.3, 0.4) is 0 Å². The van der Waals surface area contributed by atoms with E-state index in [4.69, 9.17) is 28.9 Å². The van der Waals surface area contributed by atoms with Crippen molar-refractivity contribution >= 4 is 39.1 Å². The first kappa shape index (κ1) is 38.5. The predicted octanol–water partition coefficient (Wildman–Crippen LogP) is 6.91. The SMILES string of the molecule is C.CCN(CC)CC.FC(F)CBr.FC(F)CNCc1ccc(Cl)nc1.NCc1ccc(Cl)nc1. The van der Waals surface area contributed by atoms with Crippen LogP contribution in [0.5, 0.6) is 0 Å². The van der Waals surface area contributed by atoms with Crippen LogP contribution >= 0.6 is 39.1 Å². The van der Waals surface area contributed by atoms with Crippen molar-refractivity contribution in [3.8, 4) is 0 Å². The zero-order valence-electron chi connectivity index (χ0n) is 19.6. The van der Waals surface area contributed by atoms with Crippen LogP contribution < -0.4 is 11.1 Å². The molecular weight excluding hydrogens is 573 g/mol. The first-order valence-corrected chi connectivity index (χ1v) is 12.5. The van der Waals surface area contributed by atoms with Gasteiger partial charge in [-0.1, -0.05) is 79.5 Å². The number of nitrogens with zero attached hydrogens (tertiary/aromatic N) is 3. The molecule has 2 heterocycles. The molecule has 2 rings (SSSR count). The molecule has 0 saturated carbocycles. The zero-order valence-corrected chi connectivity index (χ0v) is 22.7. The van der Waals surface area contributed by atoms with E-state index in [0.717, 1.165) is 11.1 Å². The molecule has 0 spiro atoms. The molecule has 12 heteroatoms. The van der Waals surface area contributed by atoms with E-state index in [9.17, 15) is 17.6 Å². The number of aromatic nitrogens is 2. The fourth-order valence-corrected chi connectivity index (χ4v) is 2.26. The van der Waals surface area contributed by atoms with Crippen molar-refractivity contribution < 1.29 is 17.6 Å². The molecule has 204 valence electrons. The molecule has 0 aromatic carbocycles. The third-order valence-electron chi connectivity index (χ3n) is 3.90. The van der Waals surface area contributed by atoms with Crippen molar-refractivity contribution in [1.82, 2.24) is 20.2 Å². The van der Waals surface area contributed by atoms with Gasteiger partial charge < -0.3 is 16.0 Å². The summed E-state index contributed by atoms with van der Waals surface area (Å²) in [6, 6.07) is 6.95. The molecule has 0 saturated heterocycles. The van der Waals surface area contributed by atoms with E-state index in [2.05, 4.69) is 56.9 Å². The quantitative estimate of drug-likeness (QED) is 0.183. The summed E-state index contributed by atoms with van der Waals surface area (Å²) in [6.07, 6.45) is -1.29. The summed E-state index contributed by atoms with van der Waals surface area (Å²) in [5.41, 5.74) is 7.15. The average molecular weight is 611 g/mol. The smallest absolute Gasteiger partial charge is 0.250 e. The van der Waals surface area contributed by atoms with Gasteiger partial charge in [-0.25, -0.2) is 27.5 Å². The minimum Gasteiger partial charge on any atom is -0.326 e. The molecule has 0 aliphatic rings. The lowest BCUT2D eigenvalue weighted by Crippen LogP contribution is -2.21. The van der Waals surface area contributed by atoms with Crippen molar-refractivity contribution in [3.63, 3.8) is 0 Å². The van der Waals surface area contributed by atoms with Gasteiger partial charge in [0.05, 0.1) is 11.9 Å². The predicted molar refractivity (Wildman–Crippen MR) is 144 cm³/mol. The number of alkyl halides is 5. The van der Waals surface area contributed by atoms with Gasteiger partial charge >= 0.3 is 0 Å². The van der Waals surface area contributed by atoms with Gasteiger partial charge in [-0.05, 0) is 42.9 Å². The Labute approximate surface area is 225 Å². The van der Waals surface area contributed by atoms with E-state index in [1.807, 2.05) is 6.07 Å². The van der Waals surface area contributed by atoms with Crippen LogP contribution in [0.15, 0.2) is 36.7 Å². The van der Waals surface area contributed by atoms with Crippen LogP contribution in [0.25, 0.3) is 0 Å². The Morgan fingerprint density at radius 1 is 0.886 bits per heavy atom. The normalized spacial score (nSPS) is 9.89. The summed E-state index contributed by atoms with van der Waals surface area (Å²) in [5.74, 6) is 0. The number of hydrogen-bond acceptors (Lipinski definition) is 5. The summed E-state index contributed by atoms with van der Waals surface area (Å²) < 4.78 is 44.8. The molecule has 0 aliphatic carbocycles. The van der Waals surface area contributed by atoms with Gasteiger partial charge in [0, 0.05) is 25.5 Å². The molecule has 0 aliphatic heterocycles. The summed E-state index contributed by atoms with van der Waals surface area (Å²) in [4.78, 5) is 10.0. The third kappa shape index (κ3) is 25.8. The first-order valence-electron chi connectivity index (χ1n) is 10.6. The van der Waals surface area contributed by atoms with E-state index >= 15 is 0 Å². The summed E-state index contributed by atoms with van der Waals surface area (Å²) >= 11 is 13.6. The van der Waals surface area contributed by atoms with Crippen LogP contribution in [0.1, 0.15) is 39.3 Å². The standard InChI is InChI=1S/C8H9ClF2N2.C6H7ClN2.C6H15N.C2H3BrF2.CH4/c9-7-2-1-6(4-13-7)3-12-5-8(10)11;7-6-2-1-5(3-8)4-9-6;1-4-7(5-2)6-3;3-1-2(4)5;/h1-2,4,8,12H,3,5H2;1-2,4H,3,8H2;4-6H2,1-3H3;2H,1H2;1H4. The second kappa shape index (κ2) is 26.0. The van der Waals surface area contributed by atoms with Gasteiger partial charge in [0.25, 0.3) is 6.43 Å². The van der Waals surface area contributed by atoms with Gasteiger partial charge in [-0.15, -0.1) is 0 Å². The van der Waals surface area contributed by atoms with Gasteiger partial charge in [-0.2, -0.15) is 0 Å². The average Bonchev–Trinajstić information content (AvgIpc) is 2.83. The first-order chi connectivity index (χ1) is 16.1. The van der Waals surface area contributed by atoms with Gasteiger partial charge in [0.2, 0.25) is 6.43 Å².